The summed E-state index contributed by atoms with van der Waals surface area (Å²) in [6.45, 7) is 0. The van der Waals surface area contributed by atoms with Crippen LogP contribution in [0.3, 0.4) is 0 Å². The molecule has 1 heterocycles. The lowest BCUT2D eigenvalue weighted by Gasteiger charge is -1.89. The summed E-state index contributed by atoms with van der Waals surface area (Å²) in [7, 11) is 1.35. The lowest BCUT2D eigenvalue weighted by molar-refractivity contribution is -0.134. The number of aliphatic imine (C=N–C) groups is 1. The number of carbonyl (C=O) groups excluding carboxylic acids is 1. The van der Waals surface area contributed by atoms with Gasteiger partial charge in [-0.1, -0.05) is 6.08 Å². The molecule has 0 fully saturated rings. The molecule has 0 spiro atoms. The van der Waals surface area contributed by atoms with Crippen molar-refractivity contribution in [3.8, 4) is 0 Å². The van der Waals surface area contributed by atoms with Gasteiger partial charge in [-0.15, -0.1) is 0 Å². The molecule has 1 aliphatic heterocycles. The smallest absolute Gasteiger partial charge is 0.330 e. The molecule has 0 bridgehead atoms. The van der Waals surface area contributed by atoms with Crippen LogP contribution in [0.15, 0.2) is 29.4 Å². The number of allylic oxidation sites excluding steroid dienone is 2. The van der Waals surface area contributed by atoms with Crippen LogP contribution in [0.4, 0.5) is 0 Å². The van der Waals surface area contributed by atoms with Crippen molar-refractivity contribution < 1.29 is 9.53 Å². The first-order valence-electron chi connectivity index (χ1n) is 3.30. The van der Waals surface area contributed by atoms with E-state index >= 15 is 0 Å². The van der Waals surface area contributed by atoms with E-state index in [0.29, 0.717) is 0 Å². The van der Waals surface area contributed by atoms with Crippen LogP contribution in [0.1, 0.15) is 6.42 Å². The van der Waals surface area contributed by atoms with Crippen LogP contribution in [0.5, 0.6) is 0 Å². The number of esters is 1. The van der Waals surface area contributed by atoms with Crippen LogP contribution >= 0.6 is 0 Å². The molecule has 0 saturated carbocycles. The van der Waals surface area contributed by atoms with Crippen molar-refractivity contribution in [3.63, 3.8) is 0 Å². The zero-order chi connectivity index (χ0) is 8.10. The Labute approximate surface area is 65.1 Å². The van der Waals surface area contributed by atoms with E-state index in [4.69, 9.17) is 0 Å². The number of methoxy groups -OCH3 is 1. The second-order valence-electron chi connectivity index (χ2n) is 2.07. The second-order valence-corrected chi connectivity index (χ2v) is 2.07. The third-order valence-corrected chi connectivity index (χ3v) is 1.29. The first-order chi connectivity index (χ1) is 5.33. The Kier molecular flexibility index (Phi) is 2.60. The summed E-state index contributed by atoms with van der Waals surface area (Å²) < 4.78 is 4.41. The van der Waals surface area contributed by atoms with E-state index in [1.807, 2.05) is 6.08 Å². The Balaban J connectivity index is 2.42. The Hall–Kier alpha value is -1.38. The van der Waals surface area contributed by atoms with Crippen molar-refractivity contribution >= 4 is 11.7 Å². The van der Waals surface area contributed by atoms with Crippen LogP contribution in [-0.4, -0.2) is 18.8 Å². The second kappa shape index (κ2) is 3.71. The van der Waals surface area contributed by atoms with Gasteiger partial charge >= 0.3 is 5.97 Å². The fourth-order valence-corrected chi connectivity index (χ4v) is 0.718. The van der Waals surface area contributed by atoms with Gasteiger partial charge in [-0.05, 0) is 6.08 Å². The van der Waals surface area contributed by atoms with E-state index in [1.165, 1.54) is 13.2 Å². The van der Waals surface area contributed by atoms with Crippen molar-refractivity contribution in [1.82, 2.24) is 0 Å². The number of rotatable bonds is 2. The highest BCUT2D eigenvalue weighted by Crippen LogP contribution is 2.00. The predicted octanol–water partition coefficient (Wildman–Crippen LogP) is 1.07. The average Bonchev–Trinajstić information content (AvgIpc) is 2.52. The van der Waals surface area contributed by atoms with Crippen molar-refractivity contribution in [1.29, 1.82) is 0 Å². The lowest BCUT2D eigenvalue weighted by Crippen LogP contribution is -1.96. The largest absolute Gasteiger partial charge is 0.466 e. The van der Waals surface area contributed by atoms with Gasteiger partial charge in [-0.25, -0.2) is 4.79 Å². The molecule has 0 radical (unpaired) electrons. The van der Waals surface area contributed by atoms with Gasteiger partial charge in [0, 0.05) is 24.4 Å². The molecule has 1 rings (SSSR count). The molecule has 1 aliphatic rings. The lowest BCUT2D eigenvalue weighted by atomic mass is 10.3. The van der Waals surface area contributed by atoms with Gasteiger partial charge in [0.15, 0.2) is 0 Å². The van der Waals surface area contributed by atoms with Gasteiger partial charge < -0.3 is 4.74 Å². The highest BCUT2D eigenvalue weighted by Gasteiger charge is 1.97. The Morgan fingerprint density at radius 1 is 1.82 bits per heavy atom. The van der Waals surface area contributed by atoms with Gasteiger partial charge in [-0.3, -0.25) is 4.99 Å². The van der Waals surface area contributed by atoms with Gasteiger partial charge in [0.05, 0.1) is 7.11 Å². The zero-order valence-electron chi connectivity index (χ0n) is 6.28. The standard InChI is InChI=1S/C8H9NO2/c1-11-8(10)5-4-7-3-2-6-9-7/h2,4-6H,3H2,1H3/b5-4+. The highest BCUT2D eigenvalue weighted by molar-refractivity contribution is 6.01. The monoisotopic (exact) mass is 151 g/mol. The van der Waals surface area contributed by atoms with Gasteiger partial charge in [0.2, 0.25) is 0 Å². The first kappa shape index (κ1) is 7.72. The van der Waals surface area contributed by atoms with Gasteiger partial charge in [0.25, 0.3) is 0 Å². The van der Waals surface area contributed by atoms with Crippen LogP contribution in [-0.2, 0) is 9.53 Å². The van der Waals surface area contributed by atoms with Crippen molar-refractivity contribution in [3.05, 3.63) is 24.4 Å². The molecule has 0 aromatic rings. The molecule has 0 aliphatic carbocycles. The summed E-state index contributed by atoms with van der Waals surface area (Å²) in [6, 6.07) is 0. The van der Waals surface area contributed by atoms with Gasteiger partial charge in [-0.2, -0.15) is 0 Å². The van der Waals surface area contributed by atoms with Crippen molar-refractivity contribution in [2.45, 2.75) is 6.42 Å². The van der Waals surface area contributed by atoms with Crippen LogP contribution in [0.2, 0.25) is 0 Å². The first-order valence-corrected chi connectivity index (χ1v) is 3.30. The summed E-state index contributed by atoms with van der Waals surface area (Å²) in [4.78, 5) is 14.6. The van der Waals surface area contributed by atoms with E-state index in [0.717, 1.165) is 12.1 Å². The van der Waals surface area contributed by atoms with Crippen LogP contribution < -0.4 is 0 Å². The van der Waals surface area contributed by atoms with Gasteiger partial charge in [0.1, 0.15) is 0 Å². The fourth-order valence-electron chi connectivity index (χ4n) is 0.718. The maximum Gasteiger partial charge on any atom is 0.330 e. The highest BCUT2D eigenvalue weighted by atomic mass is 16.5. The molecular formula is C8H9NO2. The molecule has 0 N–H and O–H groups in total. The topological polar surface area (TPSA) is 38.7 Å². The average molecular weight is 151 g/mol. The zero-order valence-corrected chi connectivity index (χ0v) is 6.28. The van der Waals surface area contributed by atoms with Crippen molar-refractivity contribution in [2.24, 2.45) is 4.99 Å². The summed E-state index contributed by atoms with van der Waals surface area (Å²) in [5.74, 6) is -0.348. The molecule has 0 saturated heterocycles. The minimum atomic E-state index is -0.348. The van der Waals surface area contributed by atoms with E-state index < -0.39 is 0 Å². The Bertz CT molecular complexity index is 238. The molecule has 3 nitrogen and oxygen atoms in total. The molecule has 0 unspecified atom stereocenters. The maximum absolute atomic E-state index is 10.6. The molecular weight excluding hydrogens is 142 g/mol. The number of ether oxygens (including phenoxy) is 1. The normalized spacial score (nSPS) is 15.5. The Morgan fingerprint density at radius 3 is 3.18 bits per heavy atom. The molecule has 58 valence electrons. The molecule has 3 heteroatoms. The fraction of sp³-hybridized carbons (Fsp3) is 0.250. The minimum absolute atomic E-state index is 0.348. The maximum atomic E-state index is 10.6. The SMILES string of the molecule is COC(=O)/C=C/C1=NC=CC1. The summed E-state index contributed by atoms with van der Waals surface area (Å²) in [5, 5.41) is 0. The summed E-state index contributed by atoms with van der Waals surface area (Å²) in [5.41, 5.74) is 0.885. The molecule has 0 atom stereocenters. The molecule has 0 amide bonds. The van der Waals surface area contributed by atoms with E-state index in [1.54, 1.807) is 12.3 Å². The molecule has 0 aromatic carbocycles. The quantitative estimate of drug-likeness (QED) is 0.437. The number of hydrogen-bond donors (Lipinski definition) is 0. The van der Waals surface area contributed by atoms with Crippen molar-refractivity contribution in [2.75, 3.05) is 7.11 Å². The van der Waals surface area contributed by atoms with E-state index in [-0.39, 0.29) is 5.97 Å². The number of nitrogens with zero attached hydrogens (tertiary/aromatic N) is 1. The minimum Gasteiger partial charge on any atom is -0.466 e. The Morgan fingerprint density at radius 2 is 2.64 bits per heavy atom. The third-order valence-electron chi connectivity index (χ3n) is 1.29. The van der Waals surface area contributed by atoms with E-state index in [2.05, 4.69) is 9.73 Å². The van der Waals surface area contributed by atoms with Crippen LogP contribution in [0, 0.1) is 0 Å². The molecule has 11 heavy (non-hydrogen) atoms. The third kappa shape index (κ3) is 2.37. The molecule has 0 aromatic heterocycles. The van der Waals surface area contributed by atoms with Crippen LogP contribution in [0.25, 0.3) is 0 Å². The summed E-state index contributed by atoms with van der Waals surface area (Å²) >= 11 is 0. The summed E-state index contributed by atoms with van der Waals surface area (Å²) in [6.07, 6.45) is 7.47. The van der Waals surface area contributed by atoms with E-state index in [9.17, 15) is 4.79 Å². The number of carbonyl (C=O) groups is 1. The predicted molar refractivity (Wildman–Crippen MR) is 42.3 cm³/mol. The number of hydrogen-bond acceptors (Lipinski definition) is 3.